The van der Waals surface area contributed by atoms with Crippen LogP contribution in [0.1, 0.15) is 5.69 Å². The highest BCUT2D eigenvalue weighted by molar-refractivity contribution is 5.84. The number of fused-ring (bicyclic) bond motifs is 1. The number of aromatic nitrogens is 1. The van der Waals surface area contributed by atoms with Gasteiger partial charge in [0.05, 0.1) is 11.2 Å². The molecule has 0 saturated heterocycles. The summed E-state index contributed by atoms with van der Waals surface area (Å²) in [5.41, 5.74) is 8.69. The molecule has 1 heterocycles. The Hall–Kier alpha value is -2.62. The van der Waals surface area contributed by atoms with E-state index < -0.39 is 0 Å². The van der Waals surface area contributed by atoms with Crippen LogP contribution in [0.5, 0.6) is 11.5 Å². The predicted molar refractivity (Wildman–Crippen MR) is 79.8 cm³/mol. The molecule has 0 saturated carbocycles. The van der Waals surface area contributed by atoms with Crippen molar-refractivity contribution < 1.29 is 9.84 Å². The monoisotopic (exact) mass is 268 g/mol. The Bertz CT molecular complexity index is 762. The van der Waals surface area contributed by atoms with Crippen molar-refractivity contribution >= 4 is 16.6 Å². The first-order valence-corrected chi connectivity index (χ1v) is 6.39. The third-order valence-corrected chi connectivity index (χ3v) is 3.37. The van der Waals surface area contributed by atoms with E-state index in [4.69, 9.17) is 10.5 Å². The maximum absolute atomic E-state index is 9.41. The van der Waals surface area contributed by atoms with Crippen LogP contribution in [0.3, 0.4) is 0 Å². The van der Waals surface area contributed by atoms with Gasteiger partial charge >= 0.3 is 0 Å². The quantitative estimate of drug-likeness (QED) is 0.718. The van der Waals surface area contributed by atoms with E-state index in [-0.39, 0.29) is 5.75 Å². The van der Waals surface area contributed by atoms with Gasteiger partial charge in [-0.15, -0.1) is 0 Å². The Morgan fingerprint density at radius 1 is 1.15 bits per heavy atom. The summed E-state index contributed by atoms with van der Waals surface area (Å²) in [6.07, 6.45) is 0. The lowest BCUT2D eigenvalue weighted by atomic mass is 10.2. The fourth-order valence-electron chi connectivity index (χ4n) is 2.27. The number of hydrogen-bond acceptors (Lipinski definition) is 3. The van der Waals surface area contributed by atoms with Crippen molar-refractivity contribution in [1.29, 1.82) is 0 Å². The molecule has 0 unspecified atom stereocenters. The number of aromatic hydroxyl groups is 1. The summed E-state index contributed by atoms with van der Waals surface area (Å²) in [7, 11) is 1.99. The van der Waals surface area contributed by atoms with Crippen molar-refractivity contribution in [2.24, 2.45) is 7.05 Å². The SMILES string of the molecule is Cn1c(COc2cccc(O)c2)cc2ccc(N)cc21. The van der Waals surface area contributed by atoms with E-state index in [2.05, 4.69) is 10.6 Å². The van der Waals surface area contributed by atoms with Crippen LogP contribution in [0.15, 0.2) is 48.5 Å². The number of anilines is 1. The van der Waals surface area contributed by atoms with Crippen LogP contribution in [-0.4, -0.2) is 9.67 Å². The van der Waals surface area contributed by atoms with Gasteiger partial charge in [-0.3, -0.25) is 0 Å². The topological polar surface area (TPSA) is 60.4 Å². The summed E-state index contributed by atoms with van der Waals surface area (Å²) in [4.78, 5) is 0. The molecule has 0 spiro atoms. The molecule has 3 rings (SSSR count). The van der Waals surface area contributed by atoms with E-state index in [1.807, 2.05) is 31.3 Å². The maximum Gasteiger partial charge on any atom is 0.128 e. The minimum absolute atomic E-state index is 0.201. The summed E-state index contributed by atoms with van der Waals surface area (Å²) >= 11 is 0. The number of ether oxygens (including phenoxy) is 1. The summed E-state index contributed by atoms with van der Waals surface area (Å²) in [6, 6.07) is 14.7. The number of phenols is 1. The van der Waals surface area contributed by atoms with Gasteiger partial charge in [-0.25, -0.2) is 0 Å². The second-order valence-corrected chi connectivity index (χ2v) is 4.80. The van der Waals surface area contributed by atoms with Crippen molar-refractivity contribution in [3.63, 3.8) is 0 Å². The molecule has 0 amide bonds. The average Bonchev–Trinajstić information content (AvgIpc) is 2.73. The molecule has 102 valence electrons. The molecule has 4 nitrogen and oxygen atoms in total. The first-order chi connectivity index (χ1) is 9.63. The highest BCUT2D eigenvalue weighted by Crippen LogP contribution is 2.23. The Balaban J connectivity index is 1.86. The molecule has 3 N–H and O–H groups in total. The number of nitrogens with zero attached hydrogens (tertiary/aromatic N) is 1. The maximum atomic E-state index is 9.41. The third-order valence-electron chi connectivity index (χ3n) is 3.37. The Kier molecular flexibility index (Phi) is 2.99. The van der Waals surface area contributed by atoms with Gasteiger partial charge in [-0.05, 0) is 30.3 Å². The van der Waals surface area contributed by atoms with E-state index >= 15 is 0 Å². The van der Waals surface area contributed by atoms with E-state index in [0.717, 1.165) is 22.3 Å². The van der Waals surface area contributed by atoms with Crippen LogP contribution < -0.4 is 10.5 Å². The minimum atomic E-state index is 0.201. The van der Waals surface area contributed by atoms with Crippen LogP contribution in [0.2, 0.25) is 0 Å². The Morgan fingerprint density at radius 2 is 2.00 bits per heavy atom. The molecule has 0 atom stereocenters. The van der Waals surface area contributed by atoms with Gasteiger partial charge < -0.3 is 20.1 Å². The molecule has 0 bridgehead atoms. The molecule has 1 aromatic heterocycles. The normalized spacial score (nSPS) is 10.8. The van der Waals surface area contributed by atoms with Crippen molar-refractivity contribution in [2.75, 3.05) is 5.73 Å². The molecule has 4 heteroatoms. The van der Waals surface area contributed by atoms with Gasteiger partial charge in [0.15, 0.2) is 0 Å². The molecule has 0 aliphatic carbocycles. The first-order valence-electron chi connectivity index (χ1n) is 6.39. The summed E-state index contributed by atoms with van der Waals surface area (Å²) in [5, 5.41) is 10.5. The fourth-order valence-corrected chi connectivity index (χ4v) is 2.27. The number of nitrogens with two attached hydrogens (primary N) is 1. The van der Waals surface area contributed by atoms with Gasteiger partial charge in [0, 0.05) is 24.2 Å². The third kappa shape index (κ3) is 2.28. The fraction of sp³-hybridized carbons (Fsp3) is 0.125. The van der Waals surface area contributed by atoms with Gasteiger partial charge in [-0.2, -0.15) is 0 Å². The molecule has 3 aromatic rings. The zero-order chi connectivity index (χ0) is 14.1. The van der Waals surface area contributed by atoms with E-state index in [1.165, 1.54) is 0 Å². The lowest BCUT2D eigenvalue weighted by Crippen LogP contribution is -2.01. The molecule has 0 aliphatic rings. The van der Waals surface area contributed by atoms with Crippen molar-refractivity contribution in [1.82, 2.24) is 4.57 Å². The predicted octanol–water partition coefficient (Wildman–Crippen LogP) is 3.05. The second kappa shape index (κ2) is 4.81. The van der Waals surface area contributed by atoms with Crippen LogP contribution >= 0.6 is 0 Å². The largest absolute Gasteiger partial charge is 0.508 e. The molecule has 0 fully saturated rings. The van der Waals surface area contributed by atoms with E-state index in [0.29, 0.717) is 12.4 Å². The van der Waals surface area contributed by atoms with Crippen LogP contribution in [0.25, 0.3) is 10.9 Å². The summed E-state index contributed by atoms with van der Waals surface area (Å²) < 4.78 is 7.77. The highest BCUT2D eigenvalue weighted by Gasteiger charge is 2.07. The first kappa shape index (κ1) is 12.4. The van der Waals surface area contributed by atoms with Crippen LogP contribution in [0.4, 0.5) is 5.69 Å². The van der Waals surface area contributed by atoms with E-state index in [1.54, 1.807) is 18.2 Å². The number of nitrogen functional groups attached to an aromatic ring is 1. The summed E-state index contributed by atoms with van der Waals surface area (Å²) in [5.74, 6) is 0.849. The number of aryl methyl sites for hydroxylation is 1. The van der Waals surface area contributed by atoms with Gasteiger partial charge in [0.2, 0.25) is 0 Å². The van der Waals surface area contributed by atoms with Gasteiger partial charge in [0.25, 0.3) is 0 Å². The molecule has 0 aliphatic heterocycles. The average molecular weight is 268 g/mol. The smallest absolute Gasteiger partial charge is 0.128 e. The highest BCUT2D eigenvalue weighted by atomic mass is 16.5. The van der Waals surface area contributed by atoms with E-state index in [9.17, 15) is 5.11 Å². The van der Waals surface area contributed by atoms with Crippen molar-refractivity contribution in [3.8, 4) is 11.5 Å². The zero-order valence-corrected chi connectivity index (χ0v) is 11.2. The standard InChI is InChI=1S/C16H16N2O2/c1-18-13(7-11-5-6-12(17)8-16(11)18)10-20-15-4-2-3-14(19)9-15/h2-9,19H,10,17H2,1H3. The Labute approximate surface area is 117 Å². The molecule has 2 aromatic carbocycles. The molecule has 20 heavy (non-hydrogen) atoms. The number of rotatable bonds is 3. The lowest BCUT2D eigenvalue weighted by Gasteiger charge is -2.08. The molecular formula is C16H16N2O2. The van der Waals surface area contributed by atoms with Crippen LogP contribution in [-0.2, 0) is 13.7 Å². The zero-order valence-electron chi connectivity index (χ0n) is 11.2. The molecular weight excluding hydrogens is 252 g/mol. The van der Waals surface area contributed by atoms with Crippen LogP contribution in [0, 0.1) is 0 Å². The molecule has 0 radical (unpaired) electrons. The Morgan fingerprint density at radius 3 is 2.80 bits per heavy atom. The minimum Gasteiger partial charge on any atom is -0.508 e. The lowest BCUT2D eigenvalue weighted by molar-refractivity contribution is 0.296. The van der Waals surface area contributed by atoms with Crippen molar-refractivity contribution in [2.45, 2.75) is 6.61 Å². The summed E-state index contributed by atoms with van der Waals surface area (Å²) in [6.45, 7) is 0.439. The number of phenolic OH excluding ortho intramolecular Hbond substituents is 1. The van der Waals surface area contributed by atoms with Gasteiger partial charge in [-0.1, -0.05) is 12.1 Å². The number of benzene rings is 2. The van der Waals surface area contributed by atoms with Crippen molar-refractivity contribution in [3.05, 3.63) is 54.2 Å². The number of hydrogen-bond donors (Lipinski definition) is 2. The van der Waals surface area contributed by atoms with Gasteiger partial charge in [0.1, 0.15) is 18.1 Å². The second-order valence-electron chi connectivity index (χ2n) is 4.80.